The van der Waals surface area contributed by atoms with E-state index in [0.717, 1.165) is 10.0 Å². The van der Waals surface area contributed by atoms with Crippen molar-refractivity contribution in [2.24, 2.45) is 5.92 Å². The molecule has 3 rings (SSSR count). The number of benzene rings is 1. The Morgan fingerprint density at radius 2 is 1.71 bits per heavy atom. The first-order chi connectivity index (χ1) is 11.5. The van der Waals surface area contributed by atoms with Gasteiger partial charge in [-0.25, -0.2) is 0 Å². The zero-order valence-corrected chi connectivity index (χ0v) is 15.1. The summed E-state index contributed by atoms with van der Waals surface area (Å²) in [4.78, 5) is 26.3. The highest BCUT2D eigenvalue weighted by Crippen LogP contribution is 2.38. The first-order valence-corrected chi connectivity index (χ1v) is 9.18. The van der Waals surface area contributed by atoms with Crippen molar-refractivity contribution < 1.29 is 19.4 Å². The van der Waals surface area contributed by atoms with Crippen LogP contribution in [0.5, 0.6) is 0 Å². The van der Waals surface area contributed by atoms with Crippen LogP contribution >= 0.6 is 15.9 Å². The van der Waals surface area contributed by atoms with Gasteiger partial charge in [0.25, 0.3) is 0 Å². The fourth-order valence-electron chi connectivity index (χ4n) is 3.75. The summed E-state index contributed by atoms with van der Waals surface area (Å²) in [5.74, 6) is -0.958. The van der Waals surface area contributed by atoms with Gasteiger partial charge in [0.2, 0.25) is 5.91 Å². The Morgan fingerprint density at radius 3 is 2.25 bits per heavy atom. The van der Waals surface area contributed by atoms with E-state index in [4.69, 9.17) is 9.84 Å². The Hall–Kier alpha value is -1.40. The van der Waals surface area contributed by atoms with Crippen molar-refractivity contribution in [3.8, 4) is 0 Å². The number of hydrogen-bond donors (Lipinski definition) is 1. The minimum absolute atomic E-state index is 0.122. The van der Waals surface area contributed by atoms with E-state index in [2.05, 4.69) is 15.9 Å². The van der Waals surface area contributed by atoms with E-state index >= 15 is 0 Å². The molecule has 0 radical (unpaired) electrons. The van der Waals surface area contributed by atoms with Gasteiger partial charge in [-0.15, -0.1) is 0 Å². The monoisotopic (exact) mass is 395 g/mol. The van der Waals surface area contributed by atoms with Crippen LogP contribution in [0.15, 0.2) is 28.7 Å². The summed E-state index contributed by atoms with van der Waals surface area (Å²) in [5, 5.41) is 9.14. The maximum absolute atomic E-state index is 13.3. The number of carbonyl (C=O) groups excluding carboxylic acids is 1. The number of hydrogen-bond acceptors (Lipinski definition) is 3. The molecule has 0 bridgehead atoms. The van der Waals surface area contributed by atoms with Crippen molar-refractivity contribution >= 4 is 27.8 Å². The van der Waals surface area contributed by atoms with Crippen LogP contribution in [0.25, 0.3) is 0 Å². The van der Waals surface area contributed by atoms with E-state index in [-0.39, 0.29) is 11.8 Å². The quantitative estimate of drug-likeness (QED) is 0.854. The average molecular weight is 396 g/mol. The molecule has 5 nitrogen and oxygen atoms in total. The molecule has 1 aromatic rings. The van der Waals surface area contributed by atoms with Gasteiger partial charge in [0, 0.05) is 30.8 Å². The summed E-state index contributed by atoms with van der Waals surface area (Å²) in [6.07, 6.45) is 2.42. The Labute approximate surface area is 150 Å². The lowest BCUT2D eigenvalue weighted by molar-refractivity contribution is -0.149. The number of amides is 1. The molecule has 130 valence electrons. The first-order valence-electron chi connectivity index (χ1n) is 8.39. The van der Waals surface area contributed by atoms with Crippen LogP contribution in [-0.4, -0.2) is 48.2 Å². The van der Waals surface area contributed by atoms with Crippen LogP contribution in [-0.2, 0) is 19.7 Å². The van der Waals surface area contributed by atoms with Crippen molar-refractivity contribution in [2.75, 3.05) is 26.3 Å². The highest BCUT2D eigenvalue weighted by molar-refractivity contribution is 9.10. The normalized spacial score (nSPS) is 21.5. The number of carboxylic acids is 1. The van der Waals surface area contributed by atoms with Gasteiger partial charge in [-0.2, -0.15) is 0 Å². The molecule has 2 aliphatic rings. The summed E-state index contributed by atoms with van der Waals surface area (Å²) in [6.45, 7) is 2.20. The SMILES string of the molecule is O=C(O)C1CCN(C(=O)C2(c3ccc(Br)cc3)CCOCC2)CC1. The molecule has 2 heterocycles. The van der Waals surface area contributed by atoms with Gasteiger partial charge < -0.3 is 14.7 Å². The summed E-state index contributed by atoms with van der Waals surface area (Å²) in [5.41, 5.74) is 0.481. The van der Waals surface area contributed by atoms with Crippen LogP contribution in [0.3, 0.4) is 0 Å². The Balaban J connectivity index is 1.82. The van der Waals surface area contributed by atoms with E-state index in [1.165, 1.54) is 0 Å². The first kappa shape index (κ1) is 17.4. The number of nitrogens with zero attached hydrogens (tertiary/aromatic N) is 1. The lowest BCUT2D eigenvalue weighted by Gasteiger charge is -2.42. The number of carboxylic acid groups (broad SMARTS) is 1. The molecule has 0 spiro atoms. The third-order valence-corrected chi connectivity index (χ3v) is 5.81. The highest BCUT2D eigenvalue weighted by Gasteiger charge is 2.44. The van der Waals surface area contributed by atoms with Crippen LogP contribution in [0.4, 0.5) is 0 Å². The van der Waals surface area contributed by atoms with Crippen molar-refractivity contribution in [2.45, 2.75) is 31.1 Å². The van der Waals surface area contributed by atoms with Crippen LogP contribution in [0, 0.1) is 5.92 Å². The lowest BCUT2D eigenvalue weighted by atomic mass is 9.72. The molecule has 2 aliphatic heterocycles. The average Bonchev–Trinajstić information content (AvgIpc) is 2.62. The molecular formula is C18H22BrNO4. The number of carbonyl (C=O) groups is 2. The van der Waals surface area contributed by atoms with Gasteiger partial charge in [-0.3, -0.25) is 9.59 Å². The van der Waals surface area contributed by atoms with Crippen molar-refractivity contribution in [1.82, 2.24) is 4.90 Å². The number of likely N-dealkylation sites (tertiary alicyclic amines) is 1. The third-order valence-electron chi connectivity index (χ3n) is 5.28. The van der Waals surface area contributed by atoms with Crippen molar-refractivity contribution in [1.29, 1.82) is 0 Å². The number of aliphatic carboxylic acids is 1. The second kappa shape index (κ2) is 7.23. The van der Waals surface area contributed by atoms with Crippen LogP contribution in [0.1, 0.15) is 31.2 Å². The smallest absolute Gasteiger partial charge is 0.306 e. The van der Waals surface area contributed by atoms with E-state index < -0.39 is 11.4 Å². The predicted octanol–water partition coefficient (Wildman–Crippen LogP) is 2.82. The van der Waals surface area contributed by atoms with E-state index in [0.29, 0.717) is 52.0 Å². The maximum Gasteiger partial charge on any atom is 0.306 e. The Bertz CT molecular complexity index is 602. The maximum atomic E-state index is 13.3. The standard InChI is InChI=1S/C18H22BrNO4/c19-15-3-1-14(2-4-15)18(7-11-24-12-8-18)17(23)20-9-5-13(6-10-20)16(21)22/h1-4,13H,5-12H2,(H,21,22). The van der Waals surface area contributed by atoms with Crippen molar-refractivity contribution in [3.63, 3.8) is 0 Å². The van der Waals surface area contributed by atoms with Gasteiger partial charge in [-0.05, 0) is 43.4 Å². The minimum atomic E-state index is -0.754. The molecule has 1 N–H and O–H groups in total. The van der Waals surface area contributed by atoms with Crippen LogP contribution in [0.2, 0.25) is 0 Å². The zero-order chi connectivity index (χ0) is 17.2. The van der Waals surface area contributed by atoms with Gasteiger partial charge in [0.05, 0.1) is 11.3 Å². The summed E-state index contributed by atoms with van der Waals surface area (Å²) < 4.78 is 6.49. The molecule has 0 aliphatic carbocycles. The highest BCUT2D eigenvalue weighted by atomic mass is 79.9. The molecule has 0 unspecified atom stereocenters. The Morgan fingerprint density at radius 1 is 1.12 bits per heavy atom. The largest absolute Gasteiger partial charge is 0.481 e. The van der Waals surface area contributed by atoms with Gasteiger partial charge >= 0.3 is 5.97 Å². The summed E-state index contributed by atoms with van der Waals surface area (Å²) in [6, 6.07) is 7.96. The summed E-state index contributed by atoms with van der Waals surface area (Å²) in [7, 11) is 0. The minimum Gasteiger partial charge on any atom is -0.481 e. The van der Waals surface area contributed by atoms with Gasteiger partial charge in [0.1, 0.15) is 0 Å². The third kappa shape index (κ3) is 3.35. The van der Waals surface area contributed by atoms with Gasteiger partial charge in [0.15, 0.2) is 0 Å². The molecule has 1 amide bonds. The number of halogens is 1. The Kier molecular flexibility index (Phi) is 5.25. The molecule has 0 aromatic heterocycles. The molecular weight excluding hydrogens is 374 g/mol. The molecule has 24 heavy (non-hydrogen) atoms. The number of piperidine rings is 1. The second-order valence-corrected chi connectivity index (χ2v) is 7.52. The molecule has 2 fully saturated rings. The van der Waals surface area contributed by atoms with E-state index in [1.54, 1.807) is 0 Å². The molecule has 2 saturated heterocycles. The molecule has 1 aromatic carbocycles. The predicted molar refractivity (Wildman–Crippen MR) is 92.8 cm³/mol. The topological polar surface area (TPSA) is 66.8 Å². The summed E-state index contributed by atoms with van der Waals surface area (Å²) >= 11 is 3.45. The molecule has 6 heteroatoms. The molecule has 0 saturated carbocycles. The van der Waals surface area contributed by atoms with E-state index in [1.807, 2.05) is 29.2 Å². The zero-order valence-electron chi connectivity index (χ0n) is 13.5. The van der Waals surface area contributed by atoms with E-state index in [9.17, 15) is 9.59 Å². The second-order valence-electron chi connectivity index (χ2n) is 6.61. The molecule has 0 atom stereocenters. The lowest BCUT2D eigenvalue weighted by Crippen LogP contribution is -2.52. The fourth-order valence-corrected chi connectivity index (χ4v) is 4.01. The van der Waals surface area contributed by atoms with Crippen molar-refractivity contribution in [3.05, 3.63) is 34.3 Å². The fraction of sp³-hybridized carbons (Fsp3) is 0.556. The van der Waals surface area contributed by atoms with Crippen LogP contribution < -0.4 is 0 Å². The number of rotatable bonds is 3. The van der Waals surface area contributed by atoms with Gasteiger partial charge in [-0.1, -0.05) is 28.1 Å². The number of ether oxygens (including phenoxy) is 1.